The van der Waals surface area contributed by atoms with Gasteiger partial charge in [0.2, 0.25) is 0 Å². The van der Waals surface area contributed by atoms with Gasteiger partial charge in [-0.25, -0.2) is 43.7 Å². The number of benzene rings is 8. The minimum Gasteiger partial charge on any atom is -0.464 e. The SMILES string of the molecule is CCC(CC)COC(=O)C(C#N)c1nc2ccccc2nc1N1CCN(C)CC1.CN1CCN(c2c(C(C#N)C(=O)OCc3ccccc3)nc3ccccc3c2F)CC1.CN1CCN(c2nc3ccccc3c(F)c2C(C#N)C(=O)OCc2ccccc2)CC1.CN1CCN(c2nccnc2C(C#N)C(=O)OCc2ccccc2)CC1.Cc1ccc(COC(=O)C(C#N)c2nc3ccccc3nc2N2CCN(C)CC2)cc1. The molecule has 18 rings (SSSR count). The zero-order valence-corrected chi connectivity index (χ0v) is 84.5. The number of hydrogen-bond acceptors (Lipinski definition) is 33. The summed E-state index contributed by atoms with van der Waals surface area (Å²) in [7, 11) is 10.2. The van der Waals surface area contributed by atoms with E-state index in [2.05, 4.69) is 116 Å². The summed E-state index contributed by atoms with van der Waals surface area (Å²) in [6, 6.07) is 74.5. The lowest BCUT2D eigenvalue weighted by Gasteiger charge is -2.35. The predicted molar refractivity (Wildman–Crippen MR) is 560 cm³/mol. The van der Waals surface area contributed by atoms with E-state index in [0.29, 0.717) is 107 Å². The van der Waals surface area contributed by atoms with E-state index in [9.17, 15) is 50.3 Å². The van der Waals surface area contributed by atoms with Crippen LogP contribution < -0.4 is 24.5 Å². The molecule has 0 amide bonds. The number of likely N-dealkylation sites (N-methyl/N-ethyl adjacent to an activating group) is 5. The smallest absolute Gasteiger partial charge is 0.330 e. The molecule has 5 saturated heterocycles. The number of aromatic nitrogens is 8. The lowest BCUT2D eigenvalue weighted by atomic mass is 9.97. The van der Waals surface area contributed by atoms with Gasteiger partial charge in [0.15, 0.2) is 52.9 Å². The molecule has 5 aliphatic heterocycles. The van der Waals surface area contributed by atoms with Crippen LogP contribution in [0, 0.1) is 81.1 Å². The fourth-order valence-electron chi connectivity index (χ4n) is 17.4. The average molecular weight is 2000 g/mol. The van der Waals surface area contributed by atoms with E-state index < -0.39 is 71.1 Å². The highest BCUT2D eigenvalue weighted by Crippen LogP contribution is 2.39. The van der Waals surface area contributed by atoms with Gasteiger partial charge in [0.25, 0.3) is 0 Å². The minimum atomic E-state index is -1.41. The van der Waals surface area contributed by atoms with Gasteiger partial charge in [-0.1, -0.05) is 196 Å². The Morgan fingerprint density at radius 3 is 0.973 bits per heavy atom. The van der Waals surface area contributed by atoms with Crippen molar-refractivity contribution >= 4 is 103 Å². The highest BCUT2D eigenvalue weighted by molar-refractivity contribution is 5.92. The van der Waals surface area contributed by atoms with Crippen LogP contribution in [0.4, 0.5) is 37.7 Å². The van der Waals surface area contributed by atoms with Crippen LogP contribution in [0.1, 0.15) is 112 Å². The van der Waals surface area contributed by atoms with Crippen molar-refractivity contribution in [3.05, 3.63) is 293 Å². The monoisotopic (exact) mass is 2000 g/mol. The van der Waals surface area contributed by atoms with Gasteiger partial charge in [-0.3, -0.25) is 29.0 Å². The van der Waals surface area contributed by atoms with Crippen molar-refractivity contribution in [2.75, 3.05) is 197 Å². The van der Waals surface area contributed by atoms with Gasteiger partial charge in [0.1, 0.15) is 55.1 Å². The molecule has 0 aliphatic carbocycles. The van der Waals surface area contributed by atoms with Gasteiger partial charge in [-0.05, 0) is 119 Å². The van der Waals surface area contributed by atoms with E-state index in [1.807, 2.05) is 213 Å². The van der Waals surface area contributed by atoms with E-state index in [0.717, 1.165) is 156 Å². The maximum Gasteiger partial charge on any atom is 0.330 e. The Hall–Kier alpha value is -16.2. The first-order valence-corrected chi connectivity index (χ1v) is 49.6. The summed E-state index contributed by atoms with van der Waals surface area (Å²) in [4.78, 5) is 122. The Morgan fingerprint density at radius 2 is 0.588 bits per heavy atom. The molecule has 33 nitrogen and oxygen atoms in total. The van der Waals surface area contributed by atoms with Crippen molar-refractivity contribution in [1.29, 1.82) is 26.3 Å². The van der Waals surface area contributed by atoms with Gasteiger partial charge < -0.3 is 72.7 Å². The van der Waals surface area contributed by atoms with Crippen LogP contribution in [-0.4, -0.2) is 267 Å². The van der Waals surface area contributed by atoms with Crippen molar-refractivity contribution < 1.29 is 56.4 Å². The van der Waals surface area contributed by atoms with Crippen molar-refractivity contribution in [1.82, 2.24) is 64.4 Å². The van der Waals surface area contributed by atoms with Crippen LogP contribution in [0.25, 0.3) is 43.9 Å². The summed E-state index contributed by atoms with van der Waals surface area (Å²) in [5.74, 6) is -7.94. The number of nitrogens with zero attached hydrogens (tertiary/aromatic N) is 23. The molecule has 5 fully saturated rings. The molecule has 8 aromatic carbocycles. The molecule has 5 aliphatic rings. The molecule has 10 heterocycles. The second kappa shape index (κ2) is 53.1. The first-order chi connectivity index (χ1) is 72.0. The molecule has 0 saturated carbocycles. The zero-order chi connectivity index (χ0) is 105. The molecule has 0 radical (unpaired) electrons. The lowest BCUT2D eigenvalue weighted by molar-refractivity contribution is -0.146. The summed E-state index contributed by atoms with van der Waals surface area (Å²) < 4.78 is 58.5. The van der Waals surface area contributed by atoms with Crippen molar-refractivity contribution in [3.8, 4) is 30.3 Å². The molecule has 762 valence electrons. The molecule has 13 aromatic rings. The van der Waals surface area contributed by atoms with Gasteiger partial charge in [0, 0.05) is 154 Å². The molecule has 5 unspecified atom stereocenters. The van der Waals surface area contributed by atoms with Crippen LogP contribution in [0.2, 0.25) is 0 Å². The second-order valence-corrected chi connectivity index (χ2v) is 36.9. The van der Waals surface area contributed by atoms with Gasteiger partial charge >= 0.3 is 29.8 Å². The number of esters is 5. The Kier molecular flexibility index (Phi) is 38.6. The summed E-state index contributed by atoms with van der Waals surface area (Å²) in [5.41, 5.74) is 9.64. The highest BCUT2D eigenvalue weighted by atomic mass is 19.1. The summed E-state index contributed by atoms with van der Waals surface area (Å²) in [6.07, 6.45) is 4.96. The van der Waals surface area contributed by atoms with Crippen LogP contribution in [-0.2, 0) is 74.1 Å². The standard InChI is InChI=1S/2C24H23FN4O2.C24H25N5O2.C22H29N5O2.C19H21N5O2/c1-28-11-13-29(14-12-28)23-21(22(25)18-9-5-6-10-20(18)27-23)19(15-26)24(30)31-16-17-7-3-2-4-8-17;1-28-11-13-29(14-12-28)23-21(25)18-9-5-6-10-20(18)27-22(23)19(15-26)24(30)31-16-17-7-3-2-4-8-17;1-17-7-9-18(10-8-17)16-31-24(30)19(15-25)22-23(29-13-11-28(2)12-14-29)27-21-6-4-3-5-20(21)26-22;1-4-16(5-2)15-29-22(28)17(14-23)20-21(27-12-10-26(3)11-13-27)25-19-9-7-6-8-18(19)24-20;1-23-9-11-24(12-10-23)18-17(21-7-8-22-18)16(13-20)19(25)26-14-15-5-3-2-4-6-15/h2*2-10,19H,11-14,16H2,1H3;3-10,19H,11-14,16H2,1-2H3;6-9,16-17H,4-5,10-13,15H2,1-3H3;2-8,16H,9-12,14H2,1H3. The number of ether oxygens (including phenoxy) is 5. The first kappa shape index (κ1) is 108. The number of anilines is 5. The number of rotatable bonds is 27. The second-order valence-electron chi connectivity index (χ2n) is 36.9. The van der Waals surface area contributed by atoms with E-state index in [4.69, 9.17) is 33.7 Å². The number of piperazine rings is 5. The summed E-state index contributed by atoms with van der Waals surface area (Å²) in [5, 5.41) is 49.6. The number of para-hydroxylation sites is 6. The van der Waals surface area contributed by atoms with E-state index in [1.54, 1.807) is 54.7 Å². The highest BCUT2D eigenvalue weighted by Gasteiger charge is 2.39. The van der Waals surface area contributed by atoms with Crippen molar-refractivity contribution in [3.63, 3.8) is 0 Å². The number of hydrogen-bond donors (Lipinski definition) is 0. The number of carbonyl (C=O) groups is 5. The molecule has 5 aromatic heterocycles. The van der Waals surface area contributed by atoms with E-state index in [-0.39, 0.29) is 48.8 Å². The molecule has 0 spiro atoms. The van der Waals surface area contributed by atoms with Crippen LogP contribution in [0.3, 0.4) is 0 Å². The van der Waals surface area contributed by atoms with Gasteiger partial charge in [-0.2, -0.15) is 26.3 Å². The fraction of sp³-hybridized carbons (Fsp3) is 0.363. The third-order valence-corrected chi connectivity index (χ3v) is 26.6. The molecule has 148 heavy (non-hydrogen) atoms. The molecular formula is C113H121F2N23O10. The Morgan fingerprint density at radius 1 is 0.304 bits per heavy atom. The number of fused-ring (bicyclic) bond motifs is 4. The number of aryl methyl sites for hydroxylation is 1. The van der Waals surface area contributed by atoms with Crippen LogP contribution in [0.15, 0.2) is 225 Å². The third kappa shape index (κ3) is 27.9. The van der Waals surface area contributed by atoms with Crippen LogP contribution in [0.5, 0.6) is 0 Å². The maximum absolute atomic E-state index is 15.7. The van der Waals surface area contributed by atoms with Crippen molar-refractivity contribution in [2.24, 2.45) is 5.92 Å². The third-order valence-electron chi connectivity index (χ3n) is 26.6. The number of carbonyl (C=O) groups excluding carboxylic acids is 5. The summed E-state index contributed by atoms with van der Waals surface area (Å²) >= 11 is 0. The van der Waals surface area contributed by atoms with Gasteiger partial charge in [-0.15, -0.1) is 0 Å². The molecule has 5 atom stereocenters. The van der Waals surface area contributed by atoms with E-state index in [1.165, 1.54) is 6.20 Å². The largest absolute Gasteiger partial charge is 0.464 e. The Balaban J connectivity index is 0.000000146. The molecule has 35 heteroatoms. The lowest BCUT2D eigenvalue weighted by Crippen LogP contribution is -2.45. The molecule has 0 bridgehead atoms. The maximum atomic E-state index is 15.7. The van der Waals surface area contributed by atoms with Crippen molar-refractivity contribution in [2.45, 2.75) is 89.6 Å². The minimum absolute atomic E-state index is 0.0104. The number of nitriles is 5. The Bertz CT molecular complexity index is 6930. The quantitative estimate of drug-likeness (QED) is 0.0341. The average Bonchev–Trinajstić information content (AvgIpc) is 0.767. The number of pyridine rings is 2. The van der Waals surface area contributed by atoms with E-state index >= 15 is 8.78 Å². The summed E-state index contributed by atoms with van der Waals surface area (Å²) in [6.45, 7) is 22.2. The fourth-order valence-corrected chi connectivity index (χ4v) is 17.4. The Labute approximate surface area is 860 Å². The number of halogens is 2. The zero-order valence-electron chi connectivity index (χ0n) is 84.5. The normalized spacial score (nSPS) is 15.6. The topological polar surface area (TPSA) is 386 Å². The van der Waals surface area contributed by atoms with Gasteiger partial charge in [0.05, 0.1) is 87.0 Å². The van der Waals surface area contributed by atoms with Crippen LogP contribution >= 0.6 is 0 Å². The molecule has 0 N–H and O–H groups in total. The first-order valence-electron chi connectivity index (χ1n) is 49.6. The predicted octanol–water partition coefficient (Wildman–Crippen LogP) is 14.5. The molecular weight excluding hydrogens is 1880 g/mol.